The van der Waals surface area contributed by atoms with Crippen molar-refractivity contribution in [2.24, 2.45) is 5.73 Å². The third-order valence-corrected chi connectivity index (χ3v) is 4.66. The molecule has 0 saturated heterocycles. The predicted molar refractivity (Wildman–Crippen MR) is 102 cm³/mol. The predicted octanol–water partition coefficient (Wildman–Crippen LogP) is 1.76. The van der Waals surface area contributed by atoms with Gasteiger partial charge in [0.15, 0.2) is 11.5 Å². The second-order valence-electron chi connectivity index (χ2n) is 7.08. The summed E-state index contributed by atoms with van der Waals surface area (Å²) in [6.45, 7) is 1.00. The van der Waals surface area contributed by atoms with Gasteiger partial charge in [-0.1, -0.05) is 0 Å². The minimum Gasteiger partial charge on any atom is -0.404 e. The molecule has 2 aromatic heterocycles. The van der Waals surface area contributed by atoms with Crippen molar-refractivity contribution >= 4 is 17.3 Å². The van der Waals surface area contributed by atoms with Crippen LogP contribution in [0, 0.1) is 12.3 Å². The van der Waals surface area contributed by atoms with Crippen molar-refractivity contribution in [3.63, 3.8) is 0 Å². The number of hydrogen-bond donors (Lipinski definition) is 4. The third-order valence-electron chi connectivity index (χ3n) is 4.66. The average Bonchev–Trinajstić information content (AvgIpc) is 3.06. The highest BCUT2D eigenvalue weighted by Crippen LogP contribution is 2.34. The number of nitrogens with one attached hydrogen (secondary N) is 3. The Bertz CT molecular complexity index is 1120. The van der Waals surface area contributed by atoms with E-state index in [4.69, 9.17) is 11.1 Å². The van der Waals surface area contributed by atoms with E-state index in [-0.39, 0.29) is 29.9 Å². The molecule has 0 atom stereocenters. The first-order chi connectivity index (χ1) is 15.3. The van der Waals surface area contributed by atoms with E-state index in [1.54, 1.807) is 0 Å². The van der Waals surface area contributed by atoms with Crippen LogP contribution in [0.15, 0.2) is 12.3 Å². The largest absolute Gasteiger partial charge is 0.435 e. The number of fused-ring (bicyclic) bond motifs is 1. The first-order valence-electron chi connectivity index (χ1n) is 9.41. The zero-order valence-corrected chi connectivity index (χ0v) is 17.0. The maximum atomic E-state index is 13.3. The number of carbonyl (C=O) groups excluding carboxylic acids is 1. The van der Waals surface area contributed by atoms with Crippen LogP contribution in [0.25, 0.3) is 5.57 Å². The van der Waals surface area contributed by atoms with Crippen LogP contribution in [-0.2, 0) is 36.7 Å². The van der Waals surface area contributed by atoms with Crippen molar-refractivity contribution in [3.05, 3.63) is 46.4 Å². The molecule has 9 nitrogen and oxygen atoms in total. The lowest BCUT2D eigenvalue weighted by Gasteiger charge is -2.16. The van der Waals surface area contributed by atoms with Crippen LogP contribution in [0.2, 0.25) is 0 Å². The van der Waals surface area contributed by atoms with Gasteiger partial charge in [-0.15, -0.1) is 0 Å². The van der Waals surface area contributed by atoms with Gasteiger partial charge in [-0.2, -0.15) is 31.4 Å². The molecule has 1 amide bonds. The van der Waals surface area contributed by atoms with Crippen LogP contribution >= 0.6 is 0 Å². The van der Waals surface area contributed by atoms with E-state index in [1.807, 2.05) is 0 Å². The second-order valence-corrected chi connectivity index (χ2v) is 7.08. The number of nitrogens with zero attached hydrogens (tertiary/aromatic N) is 4. The van der Waals surface area contributed by atoms with Crippen LogP contribution in [-0.4, -0.2) is 38.0 Å². The number of aryl methyl sites for hydroxylation is 1. The van der Waals surface area contributed by atoms with E-state index in [9.17, 15) is 31.1 Å². The summed E-state index contributed by atoms with van der Waals surface area (Å²) in [6, 6.07) is 0.701. The van der Waals surface area contributed by atoms with Crippen molar-refractivity contribution in [3.8, 4) is 0 Å². The molecule has 2 aromatic rings. The molecule has 0 bridgehead atoms. The third kappa shape index (κ3) is 5.30. The topological polar surface area (TPSA) is 135 Å². The van der Waals surface area contributed by atoms with Crippen LogP contribution < -0.4 is 16.4 Å². The van der Waals surface area contributed by atoms with E-state index in [0.29, 0.717) is 12.6 Å². The summed E-state index contributed by atoms with van der Waals surface area (Å²) < 4.78 is 79.8. The Kier molecular flexibility index (Phi) is 6.44. The van der Waals surface area contributed by atoms with Gasteiger partial charge in [0.2, 0.25) is 5.91 Å². The van der Waals surface area contributed by atoms with Gasteiger partial charge in [-0.3, -0.25) is 14.9 Å². The van der Waals surface area contributed by atoms with Crippen LogP contribution in [0.3, 0.4) is 0 Å². The fourth-order valence-corrected chi connectivity index (χ4v) is 3.26. The number of nitrogens with two attached hydrogens (primary N) is 1. The summed E-state index contributed by atoms with van der Waals surface area (Å²) in [5.74, 6) is -2.21. The number of hydrogen-bond acceptors (Lipinski definition) is 7. The molecule has 1 aliphatic rings. The molecule has 0 aliphatic carbocycles. The SMILES string of the molecule is Cc1cc(C(F)(F)F)nc(C(=CN)C(=N)NC(=O)Cn2nc(C(F)(F)F)c3c2CNCC3)n1. The number of halogens is 6. The minimum absolute atomic E-state index is 0.0143. The molecule has 0 radical (unpaired) electrons. The monoisotopic (exact) mass is 476 g/mol. The minimum atomic E-state index is -4.78. The molecule has 3 rings (SSSR count). The highest BCUT2D eigenvalue weighted by atomic mass is 19.4. The molecule has 0 spiro atoms. The van der Waals surface area contributed by atoms with E-state index in [2.05, 4.69) is 25.7 Å². The maximum absolute atomic E-state index is 13.3. The fraction of sp³-hybridized carbons (Fsp3) is 0.389. The Morgan fingerprint density at radius 2 is 1.97 bits per heavy atom. The van der Waals surface area contributed by atoms with Crippen LogP contribution in [0.4, 0.5) is 26.3 Å². The molecule has 3 heterocycles. The summed E-state index contributed by atoms with van der Waals surface area (Å²) in [5, 5.41) is 16.5. The first kappa shape index (κ1) is 24.2. The number of alkyl halides is 6. The van der Waals surface area contributed by atoms with E-state index >= 15 is 0 Å². The Morgan fingerprint density at radius 3 is 2.58 bits per heavy atom. The average molecular weight is 476 g/mol. The van der Waals surface area contributed by atoms with Crippen LogP contribution in [0.1, 0.15) is 34.2 Å². The molecular weight excluding hydrogens is 458 g/mol. The summed E-state index contributed by atoms with van der Waals surface area (Å²) in [5.41, 5.74) is 2.78. The standard InChI is InChI=1S/C18H18F6N8O/c1-8-4-12(17(19,20)21)29-16(28-8)10(5-25)15(26)30-13(33)7-32-11-6-27-3-2-9(11)14(31-32)18(22,23)24/h4-5,27H,2-3,6-7,25H2,1H3,(H2,26,30,33). The lowest BCUT2D eigenvalue weighted by molar-refractivity contribution is -0.142. The van der Waals surface area contributed by atoms with Crippen molar-refractivity contribution in [2.45, 2.75) is 38.8 Å². The highest BCUT2D eigenvalue weighted by Gasteiger charge is 2.40. The molecule has 33 heavy (non-hydrogen) atoms. The van der Waals surface area contributed by atoms with Gasteiger partial charge in [0.25, 0.3) is 0 Å². The summed E-state index contributed by atoms with van der Waals surface area (Å²) in [7, 11) is 0. The Balaban J connectivity index is 1.81. The number of rotatable bonds is 4. The lowest BCUT2D eigenvalue weighted by atomic mass is 10.1. The lowest BCUT2D eigenvalue weighted by Crippen LogP contribution is -2.35. The zero-order chi connectivity index (χ0) is 24.6. The van der Waals surface area contributed by atoms with Gasteiger partial charge in [-0.05, 0) is 26.0 Å². The zero-order valence-electron chi connectivity index (χ0n) is 17.0. The molecule has 0 saturated carbocycles. The van der Waals surface area contributed by atoms with Crippen LogP contribution in [0.5, 0.6) is 0 Å². The Hall–Kier alpha value is -3.49. The van der Waals surface area contributed by atoms with E-state index in [0.717, 1.165) is 10.9 Å². The van der Waals surface area contributed by atoms with Crippen molar-refractivity contribution in [1.29, 1.82) is 5.41 Å². The van der Waals surface area contributed by atoms with Gasteiger partial charge in [0.1, 0.15) is 18.1 Å². The smallest absolute Gasteiger partial charge is 0.404 e. The number of carbonyl (C=O) groups is 1. The number of aromatic nitrogens is 4. The molecule has 15 heteroatoms. The quantitative estimate of drug-likeness (QED) is 0.302. The van der Waals surface area contributed by atoms with Gasteiger partial charge in [0, 0.05) is 24.0 Å². The van der Waals surface area contributed by atoms with Crippen molar-refractivity contribution in [2.75, 3.05) is 6.54 Å². The number of amidine groups is 1. The second kappa shape index (κ2) is 8.80. The maximum Gasteiger partial charge on any atom is 0.435 e. The molecule has 0 aromatic carbocycles. The molecule has 0 fully saturated rings. The summed E-state index contributed by atoms with van der Waals surface area (Å²) >= 11 is 0. The van der Waals surface area contributed by atoms with Crippen molar-refractivity contribution in [1.82, 2.24) is 30.4 Å². The first-order valence-corrected chi connectivity index (χ1v) is 9.41. The molecule has 1 aliphatic heterocycles. The normalized spacial score (nSPS) is 14.7. The molecule has 178 valence electrons. The highest BCUT2D eigenvalue weighted by molar-refractivity contribution is 6.24. The summed E-state index contributed by atoms with van der Waals surface area (Å²) in [4.78, 5) is 19.6. The Morgan fingerprint density at radius 1 is 1.27 bits per heavy atom. The van der Waals surface area contributed by atoms with Crippen molar-refractivity contribution < 1.29 is 31.1 Å². The fourth-order valence-electron chi connectivity index (χ4n) is 3.26. The molecule has 5 N–H and O–H groups in total. The molecule has 0 unspecified atom stereocenters. The van der Waals surface area contributed by atoms with Gasteiger partial charge < -0.3 is 16.4 Å². The van der Waals surface area contributed by atoms with E-state index in [1.165, 1.54) is 6.92 Å². The Labute approximate surface area is 182 Å². The number of amides is 1. The summed E-state index contributed by atoms with van der Waals surface area (Å²) in [6.07, 6.45) is -8.66. The van der Waals surface area contributed by atoms with Gasteiger partial charge in [-0.25, -0.2) is 9.97 Å². The van der Waals surface area contributed by atoms with Gasteiger partial charge in [0.05, 0.1) is 11.3 Å². The molecular formula is C18H18F6N8O. The van der Waals surface area contributed by atoms with Gasteiger partial charge >= 0.3 is 12.4 Å². The van der Waals surface area contributed by atoms with E-state index < -0.39 is 53.4 Å².